The minimum absolute atomic E-state index is 0.233. The highest BCUT2D eigenvalue weighted by atomic mass is 32.2. The summed E-state index contributed by atoms with van der Waals surface area (Å²) in [5, 5.41) is 16.3. The molecule has 0 spiro atoms. The molecule has 0 fully saturated rings. The third-order valence-corrected chi connectivity index (χ3v) is 6.17. The summed E-state index contributed by atoms with van der Waals surface area (Å²) < 4.78 is 12.1. The van der Waals surface area contributed by atoms with Crippen LogP contribution in [-0.2, 0) is 11.5 Å². The normalized spacial score (nSPS) is 11.8. The highest BCUT2D eigenvalue weighted by Gasteiger charge is 2.14. The van der Waals surface area contributed by atoms with Crippen molar-refractivity contribution in [1.29, 1.82) is 0 Å². The molecule has 134 valence electrons. The van der Waals surface area contributed by atoms with Gasteiger partial charge >= 0.3 is 0 Å². The van der Waals surface area contributed by atoms with Gasteiger partial charge in [0.1, 0.15) is 0 Å². The molecule has 25 heavy (non-hydrogen) atoms. The molecule has 3 aromatic rings. The summed E-state index contributed by atoms with van der Waals surface area (Å²) in [5.74, 6) is 4.34. The summed E-state index contributed by atoms with van der Waals surface area (Å²) in [5.41, 5.74) is 0. The van der Waals surface area contributed by atoms with Crippen molar-refractivity contribution >= 4 is 34.9 Å². The van der Waals surface area contributed by atoms with E-state index in [2.05, 4.69) is 30.5 Å². The van der Waals surface area contributed by atoms with Crippen LogP contribution in [0.25, 0.3) is 0 Å². The van der Waals surface area contributed by atoms with Gasteiger partial charge in [0.15, 0.2) is 20.3 Å². The van der Waals surface area contributed by atoms with Crippen molar-refractivity contribution in [3.63, 3.8) is 0 Å². The van der Waals surface area contributed by atoms with E-state index >= 15 is 0 Å². The van der Waals surface area contributed by atoms with E-state index in [1.807, 2.05) is 27.7 Å². The third kappa shape index (κ3) is 5.02. The predicted octanol–water partition coefficient (Wildman–Crippen LogP) is 4.14. The lowest BCUT2D eigenvalue weighted by atomic mass is 10.2. The Morgan fingerprint density at radius 2 is 1.24 bits per heavy atom. The Bertz CT molecular complexity index is 748. The molecule has 0 aromatic carbocycles. The van der Waals surface area contributed by atoms with Crippen LogP contribution in [0.4, 0.5) is 0 Å². The lowest BCUT2D eigenvalue weighted by molar-refractivity contribution is 0.362. The van der Waals surface area contributed by atoms with Gasteiger partial charge in [-0.3, -0.25) is 0 Å². The van der Waals surface area contributed by atoms with Gasteiger partial charge in [-0.1, -0.05) is 72.9 Å². The molecular formula is C14H18N6O2S3. The van der Waals surface area contributed by atoms with Crippen LogP contribution in [0.15, 0.2) is 17.7 Å². The van der Waals surface area contributed by atoms with E-state index in [1.54, 1.807) is 23.5 Å². The topological polar surface area (TPSA) is 104 Å². The monoisotopic (exact) mass is 398 g/mol. The molecule has 0 saturated carbocycles. The molecule has 8 nitrogen and oxygen atoms in total. The van der Waals surface area contributed by atoms with Crippen LogP contribution in [0.5, 0.6) is 0 Å². The number of nitrogens with zero attached hydrogens (tertiary/aromatic N) is 6. The van der Waals surface area contributed by atoms with E-state index in [0.717, 1.165) is 8.68 Å². The first-order chi connectivity index (χ1) is 12.0. The van der Waals surface area contributed by atoms with Gasteiger partial charge in [-0.15, -0.1) is 10.2 Å². The molecule has 0 amide bonds. The maximum atomic E-state index is 5.19. The second kappa shape index (κ2) is 8.28. The third-order valence-electron chi connectivity index (χ3n) is 2.99. The molecule has 3 heterocycles. The quantitative estimate of drug-likeness (QED) is 0.514. The predicted molar refractivity (Wildman–Crippen MR) is 95.8 cm³/mol. The Labute approximate surface area is 157 Å². The minimum Gasteiger partial charge on any atom is -0.339 e. The maximum Gasteiger partial charge on any atom is 0.229 e. The summed E-state index contributed by atoms with van der Waals surface area (Å²) in [6.07, 6.45) is 0. The second-order valence-electron chi connectivity index (χ2n) is 5.82. The minimum atomic E-state index is 0.233. The fourth-order valence-electron chi connectivity index (χ4n) is 1.69. The maximum absolute atomic E-state index is 5.19. The first-order valence-electron chi connectivity index (χ1n) is 7.75. The number of hydrogen-bond donors (Lipinski definition) is 0. The Morgan fingerprint density at radius 3 is 1.60 bits per heavy atom. The van der Waals surface area contributed by atoms with Crippen LogP contribution >= 0.6 is 34.9 Å². The summed E-state index contributed by atoms with van der Waals surface area (Å²) in [7, 11) is 0. The molecule has 3 aromatic heterocycles. The van der Waals surface area contributed by atoms with Crippen molar-refractivity contribution in [1.82, 2.24) is 30.5 Å². The Balaban J connectivity index is 1.49. The van der Waals surface area contributed by atoms with Crippen LogP contribution in [0.1, 0.15) is 63.0 Å². The SMILES string of the molecule is CC(C)c1nc(CSc2nnc(SCc3noc(C(C)C)n3)s2)no1. The zero-order chi connectivity index (χ0) is 17.8. The summed E-state index contributed by atoms with van der Waals surface area (Å²) in [6, 6.07) is 0. The van der Waals surface area contributed by atoms with Crippen LogP contribution < -0.4 is 0 Å². The van der Waals surface area contributed by atoms with Crippen molar-refractivity contribution < 1.29 is 9.05 Å². The van der Waals surface area contributed by atoms with Crippen LogP contribution in [0, 0.1) is 0 Å². The standard InChI is InChI=1S/C14H18N6O2S3/c1-7(2)11-15-9(19-21-11)5-23-13-17-18-14(25-13)24-6-10-16-12(8(3)4)22-20-10/h7-8H,5-6H2,1-4H3. The molecule has 0 aliphatic carbocycles. The number of hydrogen-bond acceptors (Lipinski definition) is 11. The van der Waals surface area contributed by atoms with Crippen molar-refractivity contribution in [2.45, 2.75) is 59.7 Å². The Morgan fingerprint density at radius 1 is 0.800 bits per heavy atom. The number of aromatic nitrogens is 6. The van der Waals surface area contributed by atoms with Gasteiger partial charge in [0, 0.05) is 11.8 Å². The second-order valence-corrected chi connectivity index (χ2v) is 9.24. The van der Waals surface area contributed by atoms with E-state index in [1.165, 1.54) is 11.3 Å². The van der Waals surface area contributed by atoms with Crippen molar-refractivity contribution in [3.8, 4) is 0 Å². The molecule has 0 radical (unpaired) electrons. The lowest BCUT2D eigenvalue weighted by Crippen LogP contribution is -1.88. The van der Waals surface area contributed by atoms with Crippen LogP contribution in [0.2, 0.25) is 0 Å². The smallest absolute Gasteiger partial charge is 0.229 e. The zero-order valence-electron chi connectivity index (χ0n) is 14.3. The van der Waals surface area contributed by atoms with Gasteiger partial charge < -0.3 is 9.05 Å². The Hall–Kier alpha value is -1.46. The fraction of sp³-hybridized carbons (Fsp3) is 0.571. The van der Waals surface area contributed by atoms with Crippen molar-refractivity contribution in [3.05, 3.63) is 23.4 Å². The van der Waals surface area contributed by atoms with Crippen LogP contribution in [0.3, 0.4) is 0 Å². The largest absolute Gasteiger partial charge is 0.339 e. The first-order valence-corrected chi connectivity index (χ1v) is 10.5. The molecule has 0 saturated heterocycles. The van der Waals surface area contributed by atoms with E-state index in [0.29, 0.717) is 34.9 Å². The van der Waals surface area contributed by atoms with Gasteiger partial charge in [0.25, 0.3) is 0 Å². The average molecular weight is 399 g/mol. The molecule has 0 aliphatic heterocycles. The van der Waals surface area contributed by atoms with E-state index < -0.39 is 0 Å². The molecule has 0 aliphatic rings. The highest BCUT2D eigenvalue weighted by Crippen LogP contribution is 2.31. The fourth-order valence-corrected chi connectivity index (χ4v) is 4.39. The number of thioether (sulfide) groups is 2. The van der Waals surface area contributed by atoms with E-state index in [4.69, 9.17) is 9.05 Å². The zero-order valence-corrected chi connectivity index (χ0v) is 16.7. The highest BCUT2D eigenvalue weighted by molar-refractivity contribution is 8.02. The van der Waals surface area contributed by atoms with Crippen molar-refractivity contribution in [2.75, 3.05) is 0 Å². The number of rotatable bonds is 8. The molecule has 3 rings (SSSR count). The summed E-state index contributed by atoms with van der Waals surface area (Å²) in [6.45, 7) is 8.08. The van der Waals surface area contributed by atoms with Gasteiger partial charge in [0.05, 0.1) is 11.5 Å². The van der Waals surface area contributed by atoms with Gasteiger partial charge in [-0.05, 0) is 0 Å². The van der Waals surface area contributed by atoms with Crippen LogP contribution in [-0.4, -0.2) is 30.5 Å². The van der Waals surface area contributed by atoms with Gasteiger partial charge in [0.2, 0.25) is 11.8 Å². The van der Waals surface area contributed by atoms with Gasteiger partial charge in [-0.25, -0.2) is 0 Å². The van der Waals surface area contributed by atoms with Crippen molar-refractivity contribution in [2.24, 2.45) is 0 Å². The summed E-state index contributed by atoms with van der Waals surface area (Å²) >= 11 is 4.62. The molecule has 0 N–H and O–H groups in total. The molecule has 11 heteroatoms. The van der Waals surface area contributed by atoms with E-state index in [9.17, 15) is 0 Å². The molecular weight excluding hydrogens is 380 g/mol. The van der Waals surface area contributed by atoms with Gasteiger partial charge in [-0.2, -0.15) is 9.97 Å². The molecule has 0 atom stereocenters. The Kier molecular flexibility index (Phi) is 6.07. The first kappa shape index (κ1) is 18.3. The lowest BCUT2D eigenvalue weighted by Gasteiger charge is -1.93. The molecule has 0 bridgehead atoms. The van der Waals surface area contributed by atoms with E-state index in [-0.39, 0.29) is 11.8 Å². The molecule has 0 unspecified atom stereocenters. The average Bonchev–Trinajstić information content (AvgIpc) is 3.30. The summed E-state index contributed by atoms with van der Waals surface area (Å²) in [4.78, 5) is 8.70.